The average molecular weight is 227 g/mol. The number of hydrogen-bond donors (Lipinski definition) is 1. The fourth-order valence-electron chi connectivity index (χ4n) is 2.15. The van der Waals surface area contributed by atoms with Gasteiger partial charge in [-0.25, -0.2) is 0 Å². The predicted molar refractivity (Wildman–Crippen MR) is 63.8 cm³/mol. The summed E-state index contributed by atoms with van der Waals surface area (Å²) >= 11 is 0. The summed E-state index contributed by atoms with van der Waals surface area (Å²) in [5.74, 6) is 0.737. The van der Waals surface area contributed by atoms with Crippen LogP contribution in [0.25, 0.3) is 0 Å². The summed E-state index contributed by atoms with van der Waals surface area (Å²) in [6.07, 6.45) is 1.06. The van der Waals surface area contributed by atoms with Crippen molar-refractivity contribution in [2.24, 2.45) is 0 Å². The molecule has 0 bridgehead atoms. The van der Waals surface area contributed by atoms with Crippen LogP contribution in [0.3, 0.4) is 0 Å². The van der Waals surface area contributed by atoms with Gasteiger partial charge >= 0.3 is 0 Å². The molecule has 0 saturated carbocycles. The lowest BCUT2D eigenvalue weighted by molar-refractivity contribution is 0.218. The number of rotatable bonds is 0. The Morgan fingerprint density at radius 2 is 2.18 bits per heavy atom. The normalized spacial score (nSPS) is 17.6. The maximum absolute atomic E-state index is 10.4. The first-order valence-corrected chi connectivity index (χ1v) is 5.61. The number of ether oxygens (including phenoxy) is 1. The summed E-state index contributed by atoms with van der Waals surface area (Å²) in [4.78, 5) is 4.25. The van der Waals surface area contributed by atoms with Crippen LogP contribution in [0.1, 0.15) is 28.5 Å². The van der Waals surface area contributed by atoms with Gasteiger partial charge in [-0.2, -0.15) is 0 Å². The van der Waals surface area contributed by atoms with Crippen LogP contribution in [0.5, 0.6) is 5.75 Å². The maximum Gasteiger partial charge on any atom is 0.131 e. The average Bonchev–Trinajstić information content (AvgIpc) is 2.49. The molecule has 1 aromatic carbocycles. The molecule has 0 aliphatic carbocycles. The smallest absolute Gasteiger partial charge is 0.131 e. The Hall–Kier alpha value is -1.87. The summed E-state index contributed by atoms with van der Waals surface area (Å²) in [6.45, 7) is 2.41. The molecule has 0 saturated heterocycles. The molecule has 0 radical (unpaired) electrons. The Balaban J connectivity index is 2.18. The maximum atomic E-state index is 10.4. The zero-order chi connectivity index (χ0) is 11.8. The minimum atomic E-state index is -0.656. The number of aliphatic hydroxyl groups is 1. The first kappa shape index (κ1) is 10.3. The van der Waals surface area contributed by atoms with Crippen molar-refractivity contribution in [2.45, 2.75) is 19.6 Å². The molecule has 0 amide bonds. The highest BCUT2D eigenvalue weighted by atomic mass is 16.5. The molecular weight excluding hydrogens is 214 g/mol. The largest absolute Gasteiger partial charge is 0.487 e. The number of aromatic nitrogens is 1. The SMILES string of the molecule is Cc1ccc2c(c1)[C@H](O)c1cccnc1CO2. The summed E-state index contributed by atoms with van der Waals surface area (Å²) < 4.78 is 5.68. The van der Waals surface area contributed by atoms with E-state index in [0.29, 0.717) is 6.61 Å². The molecule has 0 unspecified atom stereocenters. The quantitative estimate of drug-likeness (QED) is 0.751. The van der Waals surface area contributed by atoms with Crippen molar-refractivity contribution in [3.8, 4) is 5.75 Å². The van der Waals surface area contributed by atoms with Crippen LogP contribution in [-0.4, -0.2) is 10.1 Å². The van der Waals surface area contributed by atoms with E-state index in [0.717, 1.165) is 28.1 Å². The molecule has 86 valence electrons. The Bertz CT molecular complexity index is 566. The molecular formula is C14H13NO2. The van der Waals surface area contributed by atoms with Gasteiger partial charge in [-0.3, -0.25) is 4.98 Å². The number of aryl methyl sites for hydroxylation is 1. The number of fused-ring (bicyclic) bond motifs is 2. The Labute approximate surface area is 99.7 Å². The molecule has 1 aromatic heterocycles. The van der Waals surface area contributed by atoms with Crippen molar-refractivity contribution in [2.75, 3.05) is 0 Å². The minimum absolute atomic E-state index is 0.406. The van der Waals surface area contributed by atoms with E-state index in [4.69, 9.17) is 4.74 Å². The third kappa shape index (κ3) is 1.68. The lowest BCUT2D eigenvalue weighted by Crippen LogP contribution is -2.02. The van der Waals surface area contributed by atoms with Crippen LogP contribution in [0.4, 0.5) is 0 Å². The summed E-state index contributed by atoms with van der Waals surface area (Å²) in [5.41, 5.74) is 3.56. The fourth-order valence-corrected chi connectivity index (χ4v) is 2.15. The van der Waals surface area contributed by atoms with Crippen molar-refractivity contribution < 1.29 is 9.84 Å². The van der Waals surface area contributed by atoms with Gasteiger partial charge in [-0.1, -0.05) is 17.7 Å². The van der Waals surface area contributed by atoms with Gasteiger partial charge in [0.1, 0.15) is 18.5 Å². The molecule has 17 heavy (non-hydrogen) atoms. The second-order valence-corrected chi connectivity index (χ2v) is 4.27. The summed E-state index contributed by atoms with van der Waals surface area (Å²) in [6, 6.07) is 9.58. The highest BCUT2D eigenvalue weighted by Gasteiger charge is 2.23. The van der Waals surface area contributed by atoms with E-state index >= 15 is 0 Å². The van der Waals surface area contributed by atoms with Crippen molar-refractivity contribution >= 4 is 0 Å². The monoisotopic (exact) mass is 227 g/mol. The van der Waals surface area contributed by atoms with Gasteiger partial charge < -0.3 is 9.84 Å². The zero-order valence-electron chi connectivity index (χ0n) is 9.55. The number of pyridine rings is 1. The van der Waals surface area contributed by atoms with E-state index in [2.05, 4.69) is 4.98 Å². The summed E-state index contributed by atoms with van der Waals surface area (Å²) in [7, 11) is 0. The van der Waals surface area contributed by atoms with Crippen molar-refractivity contribution in [3.63, 3.8) is 0 Å². The van der Waals surface area contributed by atoms with Crippen molar-refractivity contribution in [1.82, 2.24) is 4.98 Å². The zero-order valence-corrected chi connectivity index (χ0v) is 9.55. The van der Waals surface area contributed by atoms with E-state index in [-0.39, 0.29) is 0 Å². The fraction of sp³-hybridized carbons (Fsp3) is 0.214. The Morgan fingerprint density at radius 1 is 1.29 bits per heavy atom. The predicted octanol–water partition coefficient (Wildman–Crippen LogP) is 2.36. The van der Waals surface area contributed by atoms with E-state index in [9.17, 15) is 5.11 Å². The van der Waals surface area contributed by atoms with Gasteiger partial charge in [-0.15, -0.1) is 0 Å². The second-order valence-electron chi connectivity index (χ2n) is 4.27. The van der Waals surface area contributed by atoms with Crippen LogP contribution < -0.4 is 4.74 Å². The first-order chi connectivity index (χ1) is 8.25. The Morgan fingerprint density at radius 3 is 3.06 bits per heavy atom. The molecule has 3 rings (SSSR count). The number of nitrogens with zero attached hydrogens (tertiary/aromatic N) is 1. The van der Waals surface area contributed by atoms with E-state index in [1.54, 1.807) is 6.20 Å². The van der Waals surface area contributed by atoms with Gasteiger partial charge in [0.15, 0.2) is 0 Å². The van der Waals surface area contributed by atoms with Gasteiger partial charge in [0.2, 0.25) is 0 Å². The van der Waals surface area contributed by atoms with Crippen LogP contribution >= 0.6 is 0 Å². The first-order valence-electron chi connectivity index (χ1n) is 5.61. The van der Waals surface area contributed by atoms with Gasteiger partial charge in [0.05, 0.1) is 5.69 Å². The highest BCUT2D eigenvalue weighted by Crippen LogP contribution is 2.35. The number of aliphatic hydroxyl groups excluding tert-OH is 1. The Kier molecular flexibility index (Phi) is 2.34. The molecule has 3 nitrogen and oxygen atoms in total. The third-order valence-electron chi connectivity index (χ3n) is 3.04. The molecule has 0 spiro atoms. The molecule has 1 aliphatic heterocycles. The van der Waals surface area contributed by atoms with Crippen LogP contribution in [-0.2, 0) is 6.61 Å². The van der Waals surface area contributed by atoms with Crippen molar-refractivity contribution in [3.05, 3.63) is 58.9 Å². The van der Waals surface area contributed by atoms with Gasteiger partial charge in [0, 0.05) is 17.3 Å². The van der Waals surface area contributed by atoms with Gasteiger partial charge in [0.25, 0.3) is 0 Å². The molecule has 2 heterocycles. The molecule has 1 N–H and O–H groups in total. The lowest BCUT2D eigenvalue weighted by Gasteiger charge is -2.12. The molecule has 2 aromatic rings. The molecule has 0 fully saturated rings. The van der Waals surface area contributed by atoms with Crippen LogP contribution in [0.15, 0.2) is 36.5 Å². The highest BCUT2D eigenvalue weighted by molar-refractivity contribution is 5.45. The lowest BCUT2D eigenvalue weighted by atomic mass is 9.99. The van der Waals surface area contributed by atoms with Crippen molar-refractivity contribution in [1.29, 1.82) is 0 Å². The topological polar surface area (TPSA) is 42.4 Å². The number of hydrogen-bond acceptors (Lipinski definition) is 3. The van der Waals surface area contributed by atoms with E-state index in [1.807, 2.05) is 37.3 Å². The van der Waals surface area contributed by atoms with E-state index in [1.165, 1.54) is 0 Å². The van der Waals surface area contributed by atoms with E-state index < -0.39 is 6.10 Å². The second kappa shape index (κ2) is 3.86. The van der Waals surface area contributed by atoms with Crippen LogP contribution in [0.2, 0.25) is 0 Å². The van der Waals surface area contributed by atoms with Crippen LogP contribution in [0, 0.1) is 6.92 Å². The number of benzene rings is 1. The molecule has 1 atom stereocenters. The minimum Gasteiger partial charge on any atom is -0.487 e. The molecule has 1 aliphatic rings. The van der Waals surface area contributed by atoms with Gasteiger partial charge in [-0.05, 0) is 25.1 Å². The summed E-state index contributed by atoms with van der Waals surface area (Å²) in [5, 5.41) is 10.4. The molecule has 3 heteroatoms. The third-order valence-corrected chi connectivity index (χ3v) is 3.04. The standard InChI is InChI=1S/C14H13NO2/c1-9-4-5-13-11(7-9)14(16)10-3-2-6-15-12(10)8-17-13/h2-7,14,16H,8H2,1H3/t14-/m1/s1.